The van der Waals surface area contributed by atoms with Crippen LogP contribution in [-0.4, -0.2) is 298 Å². The highest BCUT2D eigenvalue weighted by atomic mass is 32.2. The summed E-state index contributed by atoms with van der Waals surface area (Å²) in [4.78, 5) is 158. The van der Waals surface area contributed by atoms with Gasteiger partial charge in [-0.15, -0.1) is 0 Å². The fraction of sp³-hybridized carbons (Fsp3) is 0.659. The Bertz CT molecular complexity index is 3410. The Morgan fingerprint density at radius 3 is 1.22 bits per heavy atom. The van der Waals surface area contributed by atoms with Crippen molar-refractivity contribution in [1.29, 1.82) is 0 Å². The third-order valence-corrected chi connectivity index (χ3v) is 22.9. The number of carboxylic acids is 4. The third-order valence-electron chi connectivity index (χ3n) is 17.8. The van der Waals surface area contributed by atoms with Gasteiger partial charge in [-0.3, -0.25) is 47.9 Å². The standard InChI is InChI=1S/C20H30N2O3.C18H23NO3S.C16H31N3O3S.C15H31N3O2S.C7H15NO2S.C6H10O2S.C3H4O4/c1-5-6-12-16(14-21-4)18(23)22-17(20(2,3)25-19(22)24)13-15-10-8-7-9-11-15;1-5-23-12-13(2)16(20)19-15(18(3,4)22-17(19)21)11-14-9-7-6-8-10-14;1-8-23-10-12(9-19(7)11-20)14(21)17-13(16(2,3)4)15(22)18(5)6;1-8-21-10-11(9-16-5)13(19)17-12(15(2,3)4)14(20)18(6)7;1-3-11-5-6(4-8-2)7(9)10;1-3-9-4-5(2)6(7)8;4-2(5)1-3(6)7/h7-11,16-17,21H,5-6,12-14H2,1-4H3;6-10,15H,2,5,11-12H2,1,3-4H3;11-13H,8-10H2,1-7H3,(H,17,21);11-12,16H,8-10H2,1-7H3,(H,17,19);6,8H,3-5H2,1-2H3,(H,9,10);2-4H2,1H3,(H,7,8);1H2,(H,4,5)(H,6,7)/t16-,17+;15-;12-,13+;11-,12+;6-;;/m10000../s1. The van der Waals surface area contributed by atoms with Crippen molar-refractivity contribution in [3.63, 3.8) is 0 Å². The molecule has 2 aromatic rings. The van der Waals surface area contributed by atoms with E-state index in [0.717, 1.165) is 64.9 Å². The highest BCUT2D eigenvalue weighted by Crippen LogP contribution is 2.36. The van der Waals surface area contributed by atoms with E-state index in [0.29, 0.717) is 74.0 Å². The number of ether oxygens (including phenoxy) is 2. The van der Waals surface area contributed by atoms with Crippen LogP contribution in [-0.2, 0) is 75.1 Å². The molecular weight excluding hydrogens is 1630 g/mol. The molecule has 4 rings (SSSR count). The fourth-order valence-corrected chi connectivity index (χ4v) is 14.6. The Labute approximate surface area is 730 Å². The van der Waals surface area contributed by atoms with E-state index in [-0.39, 0.29) is 82.2 Å². The Kier molecular flexibility index (Phi) is 60.2. The van der Waals surface area contributed by atoms with E-state index in [1.165, 1.54) is 24.5 Å². The lowest BCUT2D eigenvalue weighted by molar-refractivity contribution is -0.147. The van der Waals surface area contributed by atoms with Crippen molar-refractivity contribution in [3.8, 4) is 0 Å². The van der Waals surface area contributed by atoms with Crippen molar-refractivity contribution in [2.24, 2.45) is 34.5 Å². The maximum absolute atomic E-state index is 13.1. The number of nitrogens with zero attached hydrogens (tertiary/aromatic N) is 5. The van der Waals surface area contributed by atoms with Gasteiger partial charge in [0.15, 0.2) is 0 Å². The summed E-state index contributed by atoms with van der Waals surface area (Å²) < 4.78 is 11.0. The second kappa shape index (κ2) is 61.9. The molecule has 0 bridgehead atoms. The molecule has 119 heavy (non-hydrogen) atoms. The molecule has 2 aromatic carbocycles. The van der Waals surface area contributed by atoms with Crippen LogP contribution in [0.5, 0.6) is 0 Å². The SMILES string of the molecule is C=C(CSCC)C(=O)N1C(=O)OC(C)(C)[C@@H]1Cc1ccccc1.C=C(CSCC)C(=O)O.CCCC[C@H](CNC)C(=O)N1C(=O)OC(C)(C)[C@@H]1Cc1ccccc1.CCSC[C@H](CN(C)C=O)C(=O)N[C@H](C(=O)N(C)C)C(C)(C)C.CCSC[C@H](CNC)C(=O)N[C@H](C(=O)N(C)C)C(C)(C)C.CCSC[C@H](CNC)C(=O)O.O=C(O)CC(=O)O. The first kappa shape index (κ1) is 116. The lowest BCUT2D eigenvalue weighted by Crippen LogP contribution is -2.55. The van der Waals surface area contributed by atoms with E-state index in [2.05, 4.69) is 53.6 Å². The number of likely N-dealkylation sites (N-methyl/N-ethyl adjacent to an activating group) is 2. The van der Waals surface area contributed by atoms with Crippen molar-refractivity contribution in [2.75, 3.05) is 140 Å². The van der Waals surface area contributed by atoms with Gasteiger partial charge in [-0.2, -0.15) is 58.8 Å². The summed E-state index contributed by atoms with van der Waals surface area (Å²) >= 11 is 8.22. The first-order chi connectivity index (χ1) is 55.5. The Balaban J connectivity index is -0.00000137. The zero-order chi connectivity index (χ0) is 92.1. The van der Waals surface area contributed by atoms with E-state index in [4.69, 9.17) is 29.9 Å². The van der Waals surface area contributed by atoms with Crippen LogP contribution in [0.3, 0.4) is 0 Å². The number of imide groups is 2. The van der Waals surface area contributed by atoms with Gasteiger partial charge in [-0.1, -0.05) is 170 Å². The number of unbranched alkanes of at least 4 members (excludes halogenated alkanes) is 1. The molecule has 29 nitrogen and oxygen atoms in total. The van der Waals surface area contributed by atoms with Crippen LogP contribution in [0.4, 0.5) is 9.59 Å². The number of aliphatic carboxylic acids is 4. The van der Waals surface area contributed by atoms with Crippen molar-refractivity contribution >= 4 is 137 Å². The Morgan fingerprint density at radius 2 is 0.882 bits per heavy atom. The Hall–Kier alpha value is -7.34. The zero-order valence-electron chi connectivity index (χ0n) is 75.2. The van der Waals surface area contributed by atoms with Crippen molar-refractivity contribution in [1.82, 2.24) is 51.1 Å². The van der Waals surface area contributed by atoms with Crippen LogP contribution in [0.25, 0.3) is 0 Å². The monoisotopic (exact) mass is 1770 g/mol. The molecule has 9 N–H and O–H groups in total. The number of cyclic esters (lactones) is 2. The number of nitrogens with one attached hydrogen (secondary N) is 5. The number of carbonyl (C=O) groups is 13. The average Bonchev–Trinajstić information content (AvgIpc) is 1.63. The average molecular weight is 1770 g/mol. The van der Waals surface area contributed by atoms with Gasteiger partial charge in [0.1, 0.15) is 29.7 Å². The summed E-state index contributed by atoms with van der Waals surface area (Å²) in [6.07, 6.45) is 2.74. The minimum absolute atomic E-state index is 0.0552. The highest BCUT2D eigenvalue weighted by molar-refractivity contribution is 8.00. The molecule has 0 spiro atoms. The smallest absolute Gasteiger partial charge is 0.417 e. The van der Waals surface area contributed by atoms with Gasteiger partial charge in [-0.25, -0.2) is 24.2 Å². The van der Waals surface area contributed by atoms with Crippen molar-refractivity contribution in [3.05, 3.63) is 96.1 Å². The molecule has 0 aliphatic carbocycles. The molecule has 2 heterocycles. The molecular formula is C85H144N10O19S5. The third kappa shape index (κ3) is 47.6. The van der Waals surface area contributed by atoms with Crippen LogP contribution >= 0.6 is 58.8 Å². The molecule has 678 valence electrons. The predicted molar refractivity (Wildman–Crippen MR) is 485 cm³/mol. The Morgan fingerprint density at radius 1 is 0.529 bits per heavy atom. The van der Waals surface area contributed by atoms with Crippen LogP contribution in [0.15, 0.2) is 85.0 Å². The number of benzene rings is 2. The molecule has 2 fully saturated rings. The number of carbonyl (C=O) groups excluding carboxylic acids is 9. The molecule has 2 aliphatic heterocycles. The first-order valence-corrected chi connectivity index (χ1v) is 45.7. The van der Waals surface area contributed by atoms with Gasteiger partial charge in [0.25, 0.3) is 5.91 Å². The van der Waals surface area contributed by atoms with Crippen LogP contribution < -0.4 is 26.6 Å². The van der Waals surface area contributed by atoms with Crippen molar-refractivity contribution in [2.45, 2.75) is 185 Å². The molecule has 0 unspecified atom stereocenters. The molecule has 9 amide bonds. The number of hydrogen-bond donors (Lipinski definition) is 9. The normalized spacial score (nSPS) is 15.6. The van der Waals surface area contributed by atoms with E-state index < -0.39 is 71.2 Å². The van der Waals surface area contributed by atoms with Gasteiger partial charge in [0.2, 0.25) is 35.9 Å². The minimum Gasteiger partial charge on any atom is -0.481 e. The topological polar surface area (TPSA) is 398 Å². The highest BCUT2D eigenvalue weighted by Gasteiger charge is 2.53. The second-order valence-electron chi connectivity index (χ2n) is 31.5. The summed E-state index contributed by atoms with van der Waals surface area (Å²) in [5.74, 6) is 1.80. The lowest BCUT2D eigenvalue weighted by atomic mass is 9.85. The van der Waals surface area contributed by atoms with E-state index >= 15 is 0 Å². The van der Waals surface area contributed by atoms with E-state index in [9.17, 15) is 62.3 Å². The van der Waals surface area contributed by atoms with Crippen LogP contribution in [0.2, 0.25) is 0 Å². The fourth-order valence-electron chi connectivity index (χ4n) is 11.1. The zero-order valence-corrected chi connectivity index (χ0v) is 79.3. The first-order valence-electron chi connectivity index (χ1n) is 40.0. The number of hydrogen-bond acceptors (Lipinski definition) is 23. The second-order valence-corrected chi connectivity index (χ2v) is 38.0. The number of thioether (sulfide) groups is 5. The van der Waals surface area contributed by atoms with Crippen molar-refractivity contribution < 1.29 is 92.2 Å². The number of amides is 9. The van der Waals surface area contributed by atoms with Gasteiger partial charge in [-0.05, 0) is 119 Å². The molecule has 0 aromatic heterocycles. The largest absolute Gasteiger partial charge is 0.481 e. The van der Waals surface area contributed by atoms with Gasteiger partial charge >= 0.3 is 36.1 Å². The summed E-state index contributed by atoms with van der Waals surface area (Å²) in [6, 6.07) is 18.0. The molecule has 8 atom stereocenters. The molecule has 2 saturated heterocycles. The van der Waals surface area contributed by atoms with Crippen LogP contribution in [0.1, 0.15) is 148 Å². The number of carboxylic acid groups (broad SMARTS) is 4. The molecule has 0 saturated carbocycles. The summed E-state index contributed by atoms with van der Waals surface area (Å²) in [6.45, 7) is 40.7. The van der Waals surface area contributed by atoms with Gasteiger partial charge < -0.3 is 71.2 Å². The quantitative estimate of drug-likeness (QED) is 0.0169. The maximum Gasteiger partial charge on any atom is 0.417 e. The molecule has 34 heteroatoms. The summed E-state index contributed by atoms with van der Waals surface area (Å²) in [5.41, 5.74) is 0.741. The lowest BCUT2D eigenvalue weighted by Gasteiger charge is -2.33. The van der Waals surface area contributed by atoms with Crippen LogP contribution in [0, 0.1) is 34.5 Å². The summed E-state index contributed by atoms with van der Waals surface area (Å²) in [7, 11) is 13.9. The maximum atomic E-state index is 13.1. The molecule has 0 radical (unpaired) electrons. The van der Waals surface area contributed by atoms with Gasteiger partial charge in [0, 0.05) is 101 Å². The molecule has 2 aliphatic rings. The van der Waals surface area contributed by atoms with E-state index in [1.807, 2.05) is 172 Å². The van der Waals surface area contributed by atoms with E-state index in [1.54, 1.807) is 101 Å². The summed E-state index contributed by atoms with van der Waals surface area (Å²) in [5, 5.41) is 47.2. The minimum atomic E-state index is -1.31. The van der Waals surface area contributed by atoms with Gasteiger partial charge in [0.05, 0.1) is 35.8 Å². The number of rotatable bonds is 43. The predicted octanol–water partition coefficient (Wildman–Crippen LogP) is 10.9.